The van der Waals surface area contributed by atoms with E-state index in [1.807, 2.05) is 0 Å². The van der Waals surface area contributed by atoms with E-state index in [0.717, 1.165) is 64.2 Å². The number of esters is 1. The maximum atomic E-state index is 12.2. The Balaban J connectivity index is 3.55. The first-order valence-electron chi connectivity index (χ1n) is 27.6. The van der Waals surface area contributed by atoms with Gasteiger partial charge in [-0.1, -0.05) is 242 Å². The largest absolute Gasteiger partial charge is 0.472 e. The molecule has 0 aliphatic rings. The Labute approximate surface area is 406 Å². The van der Waals surface area contributed by atoms with Gasteiger partial charge in [0.1, 0.15) is 12.7 Å². The van der Waals surface area contributed by atoms with Crippen LogP contribution in [0.4, 0.5) is 0 Å². The number of amides is 1. The summed E-state index contributed by atoms with van der Waals surface area (Å²) in [5.41, 5.74) is 0. The van der Waals surface area contributed by atoms with Crippen molar-refractivity contribution in [2.75, 3.05) is 26.4 Å². The third-order valence-corrected chi connectivity index (χ3v) is 13.0. The first kappa shape index (κ1) is 64.0. The van der Waals surface area contributed by atoms with Gasteiger partial charge in [0.25, 0.3) is 0 Å². The highest BCUT2D eigenvalue weighted by Gasteiger charge is 2.23. The highest BCUT2D eigenvalue weighted by molar-refractivity contribution is 7.47. The minimum Gasteiger partial charge on any atom is -0.463 e. The predicted molar refractivity (Wildman–Crippen MR) is 280 cm³/mol. The molecular formula is C56H104NO8P. The van der Waals surface area contributed by atoms with Crippen molar-refractivity contribution in [1.29, 1.82) is 0 Å². The zero-order valence-corrected chi connectivity index (χ0v) is 43.8. The molecule has 0 radical (unpaired) electrons. The average molecular weight is 950 g/mol. The number of hydrogen-bond donors (Lipinski definition) is 3. The van der Waals surface area contributed by atoms with Crippen molar-refractivity contribution in [3.63, 3.8) is 0 Å². The molecule has 0 fully saturated rings. The van der Waals surface area contributed by atoms with Crippen LogP contribution >= 0.6 is 7.82 Å². The molecule has 0 aliphatic heterocycles. The maximum Gasteiger partial charge on any atom is 0.472 e. The number of rotatable bonds is 52. The van der Waals surface area contributed by atoms with E-state index in [9.17, 15) is 24.2 Å². The molecule has 66 heavy (non-hydrogen) atoms. The molecule has 0 aromatic carbocycles. The van der Waals surface area contributed by atoms with Crippen LogP contribution < -0.4 is 5.32 Å². The van der Waals surface area contributed by atoms with Gasteiger partial charge < -0.3 is 20.1 Å². The lowest BCUT2D eigenvalue weighted by molar-refractivity contribution is -0.147. The molecule has 0 saturated heterocycles. The quantitative estimate of drug-likeness (QED) is 0.0238. The SMILES string of the molecule is CCCCC/C=C\C/C=C\C/C=C\C/C=C\CCCCCCCCCC(=O)NCCOP(=O)(O)OCC(O)COC(=O)CCCCCCCCCCCCCCCCCCCCCCCC. The monoisotopic (exact) mass is 950 g/mol. The second-order valence-corrected chi connectivity index (χ2v) is 20.0. The molecule has 9 nitrogen and oxygen atoms in total. The Kier molecular flexibility index (Phi) is 50.7. The van der Waals surface area contributed by atoms with Gasteiger partial charge in [-0.05, 0) is 57.8 Å². The second kappa shape index (κ2) is 52.3. The average Bonchev–Trinajstić information content (AvgIpc) is 3.31. The molecule has 386 valence electrons. The summed E-state index contributed by atoms with van der Waals surface area (Å²) in [6, 6.07) is 0. The number of hydrogen-bond acceptors (Lipinski definition) is 7. The van der Waals surface area contributed by atoms with Crippen molar-refractivity contribution in [1.82, 2.24) is 5.32 Å². The van der Waals surface area contributed by atoms with Crippen molar-refractivity contribution in [3.05, 3.63) is 48.6 Å². The molecule has 0 spiro atoms. The Morgan fingerprint density at radius 1 is 0.470 bits per heavy atom. The van der Waals surface area contributed by atoms with Gasteiger partial charge in [0.05, 0.1) is 13.2 Å². The first-order chi connectivity index (χ1) is 32.3. The summed E-state index contributed by atoms with van der Waals surface area (Å²) in [6.45, 7) is 3.56. The molecule has 2 atom stereocenters. The fourth-order valence-electron chi connectivity index (χ4n) is 7.84. The van der Waals surface area contributed by atoms with Crippen LogP contribution in [0.5, 0.6) is 0 Å². The molecule has 0 bridgehead atoms. The minimum atomic E-state index is -4.43. The first-order valence-corrected chi connectivity index (χ1v) is 29.1. The zero-order chi connectivity index (χ0) is 48.1. The van der Waals surface area contributed by atoms with Crippen molar-refractivity contribution in [2.24, 2.45) is 0 Å². The van der Waals surface area contributed by atoms with Gasteiger partial charge in [-0.2, -0.15) is 0 Å². The van der Waals surface area contributed by atoms with E-state index in [-0.39, 0.29) is 32.1 Å². The molecule has 0 heterocycles. The normalized spacial score (nSPS) is 13.5. The van der Waals surface area contributed by atoms with E-state index in [2.05, 4.69) is 67.8 Å². The molecular weight excluding hydrogens is 846 g/mol. The summed E-state index contributed by atoms with van der Waals surface area (Å²) in [7, 11) is -4.43. The molecule has 0 rings (SSSR count). The van der Waals surface area contributed by atoms with Gasteiger partial charge in [0, 0.05) is 19.4 Å². The number of carbonyl (C=O) groups excluding carboxylic acids is 2. The lowest BCUT2D eigenvalue weighted by atomic mass is 10.0. The van der Waals surface area contributed by atoms with E-state index in [1.165, 1.54) is 173 Å². The van der Waals surface area contributed by atoms with Crippen LogP contribution in [0.1, 0.15) is 264 Å². The summed E-state index contributed by atoms with van der Waals surface area (Å²) >= 11 is 0. The van der Waals surface area contributed by atoms with Crippen LogP contribution in [0, 0.1) is 0 Å². The van der Waals surface area contributed by atoms with Gasteiger partial charge in [-0.25, -0.2) is 4.57 Å². The number of allylic oxidation sites excluding steroid dienone is 8. The van der Waals surface area contributed by atoms with E-state index < -0.39 is 26.5 Å². The third-order valence-electron chi connectivity index (χ3n) is 12.0. The van der Waals surface area contributed by atoms with Gasteiger partial charge in [0.15, 0.2) is 0 Å². The van der Waals surface area contributed by atoms with Crippen molar-refractivity contribution >= 4 is 19.7 Å². The number of carbonyl (C=O) groups is 2. The minimum absolute atomic E-state index is 0.0753. The van der Waals surface area contributed by atoms with E-state index >= 15 is 0 Å². The number of unbranched alkanes of at least 4 members (excludes halogenated alkanes) is 31. The highest BCUT2D eigenvalue weighted by atomic mass is 31.2. The van der Waals surface area contributed by atoms with E-state index in [0.29, 0.717) is 6.42 Å². The summed E-state index contributed by atoms with van der Waals surface area (Å²) in [4.78, 5) is 34.1. The molecule has 0 aromatic heterocycles. The molecule has 10 heteroatoms. The Morgan fingerprint density at radius 2 is 0.818 bits per heavy atom. The summed E-state index contributed by atoms with van der Waals surface area (Å²) in [5.74, 6) is -0.518. The molecule has 0 saturated carbocycles. The maximum absolute atomic E-state index is 12.2. The van der Waals surface area contributed by atoms with Gasteiger partial charge in [-0.15, -0.1) is 0 Å². The predicted octanol–water partition coefficient (Wildman–Crippen LogP) is 16.6. The van der Waals surface area contributed by atoms with Crippen molar-refractivity contribution < 1.29 is 37.9 Å². The van der Waals surface area contributed by atoms with Crippen LogP contribution in [-0.2, 0) is 27.9 Å². The van der Waals surface area contributed by atoms with Gasteiger partial charge in [0.2, 0.25) is 5.91 Å². The second-order valence-electron chi connectivity index (χ2n) is 18.6. The van der Waals surface area contributed by atoms with Gasteiger partial charge in [-0.3, -0.25) is 18.6 Å². The topological polar surface area (TPSA) is 131 Å². The number of phosphoric acid groups is 1. The van der Waals surface area contributed by atoms with E-state index in [1.54, 1.807) is 0 Å². The summed E-state index contributed by atoms with van der Waals surface area (Å²) in [5, 5.41) is 12.8. The number of aliphatic hydroxyl groups is 1. The van der Waals surface area contributed by atoms with Crippen molar-refractivity contribution in [3.8, 4) is 0 Å². The third kappa shape index (κ3) is 52.9. The van der Waals surface area contributed by atoms with Crippen LogP contribution in [0.25, 0.3) is 0 Å². The van der Waals surface area contributed by atoms with Crippen LogP contribution in [0.3, 0.4) is 0 Å². The van der Waals surface area contributed by atoms with Crippen LogP contribution in [0.15, 0.2) is 48.6 Å². The Bertz CT molecular complexity index is 1220. The molecule has 2 unspecified atom stereocenters. The molecule has 0 aliphatic carbocycles. The standard InChI is InChI=1S/C56H104NO8P/c1-3-5-7-9-11-13-15-17-19-21-23-25-27-28-30-32-34-36-38-40-42-44-46-48-55(59)57-50-51-64-66(61,62)65-53-54(58)52-63-56(60)49-47-45-43-41-39-37-35-33-31-29-26-24-22-20-18-16-14-12-10-8-6-4-2/h11,13,17,19,23,25,28,30,54,58H,3-10,12,14-16,18,20-22,24,26-27,29,31-53H2,1-2H3,(H,57,59)(H,61,62)/b13-11-,19-17-,25-23-,30-28-. The smallest absolute Gasteiger partial charge is 0.463 e. The number of nitrogens with one attached hydrogen (secondary N) is 1. The number of aliphatic hydroxyl groups excluding tert-OH is 1. The number of ether oxygens (including phenoxy) is 1. The molecule has 1 amide bonds. The Morgan fingerprint density at radius 3 is 1.26 bits per heavy atom. The zero-order valence-electron chi connectivity index (χ0n) is 42.9. The highest BCUT2D eigenvalue weighted by Crippen LogP contribution is 2.42. The van der Waals surface area contributed by atoms with Crippen LogP contribution in [0.2, 0.25) is 0 Å². The fourth-order valence-corrected chi connectivity index (χ4v) is 8.59. The summed E-state index contributed by atoms with van der Waals surface area (Å²) < 4.78 is 27.0. The lowest BCUT2D eigenvalue weighted by Gasteiger charge is -2.15. The van der Waals surface area contributed by atoms with Gasteiger partial charge >= 0.3 is 13.8 Å². The Hall–Kier alpha value is -2.03. The summed E-state index contributed by atoms with van der Waals surface area (Å²) in [6.07, 6.45) is 63.4. The van der Waals surface area contributed by atoms with Crippen LogP contribution in [-0.4, -0.2) is 54.3 Å². The fraction of sp³-hybridized carbons (Fsp3) is 0.821. The molecule has 0 aromatic rings. The van der Waals surface area contributed by atoms with Crippen molar-refractivity contribution in [2.45, 2.75) is 270 Å². The lowest BCUT2D eigenvalue weighted by Crippen LogP contribution is -2.27. The molecule has 3 N–H and O–H groups in total. The number of phosphoric ester groups is 1. The van der Waals surface area contributed by atoms with E-state index in [4.69, 9.17) is 13.8 Å².